The first-order chi connectivity index (χ1) is 10.7. The Hall–Kier alpha value is -2.43. The van der Waals surface area contributed by atoms with E-state index in [0.29, 0.717) is 0 Å². The van der Waals surface area contributed by atoms with Gasteiger partial charge in [-0.25, -0.2) is 0 Å². The topological polar surface area (TPSA) is 0 Å². The maximum absolute atomic E-state index is 3.23. The molecule has 104 valence electrons. The van der Waals surface area contributed by atoms with E-state index in [-0.39, 0.29) is 5.41 Å². The molecule has 2 aromatic rings. The smallest absolute Gasteiger partial charge is 0.0619 e. The number of hydrogen-bond donors (Lipinski definition) is 0. The van der Waals surface area contributed by atoms with E-state index in [1.807, 2.05) is 6.08 Å². The van der Waals surface area contributed by atoms with E-state index in [0.717, 1.165) is 6.42 Å². The van der Waals surface area contributed by atoms with Crippen LogP contribution in [0.25, 0.3) is 16.7 Å². The van der Waals surface area contributed by atoms with Gasteiger partial charge < -0.3 is 0 Å². The van der Waals surface area contributed by atoms with Crippen molar-refractivity contribution in [1.82, 2.24) is 0 Å². The Labute approximate surface area is 131 Å². The third-order valence-corrected chi connectivity index (χ3v) is 5.44. The molecule has 0 saturated heterocycles. The summed E-state index contributed by atoms with van der Waals surface area (Å²) in [6.45, 7) is 4.74. The SMILES string of the molecule is CC1(C)c2ccccc2-c2ccc3c(c21)CC1=C3C=C[C+]=C1. The molecule has 0 atom stereocenters. The second-order valence-electron chi connectivity index (χ2n) is 6.94. The Kier molecular flexibility index (Phi) is 2.13. The maximum Gasteiger partial charge on any atom is 0.107 e. The molecular formula is C22H17+. The molecule has 0 spiro atoms. The average Bonchev–Trinajstić information content (AvgIpc) is 3.02. The van der Waals surface area contributed by atoms with Crippen LogP contribution in [0.1, 0.15) is 36.1 Å². The molecule has 0 aliphatic heterocycles. The highest BCUT2D eigenvalue weighted by atomic mass is 14.4. The lowest BCUT2D eigenvalue weighted by atomic mass is 9.79. The van der Waals surface area contributed by atoms with E-state index in [2.05, 4.69) is 68.5 Å². The second-order valence-corrected chi connectivity index (χ2v) is 6.94. The summed E-state index contributed by atoms with van der Waals surface area (Å²) >= 11 is 0. The second kappa shape index (κ2) is 3.85. The van der Waals surface area contributed by atoms with Crippen LogP contribution in [-0.4, -0.2) is 0 Å². The predicted molar refractivity (Wildman–Crippen MR) is 91.6 cm³/mol. The van der Waals surface area contributed by atoms with Gasteiger partial charge in [-0.3, -0.25) is 0 Å². The molecule has 0 unspecified atom stereocenters. The number of rotatable bonds is 0. The molecule has 0 heterocycles. The molecule has 0 saturated carbocycles. The van der Waals surface area contributed by atoms with Gasteiger partial charge in [0, 0.05) is 23.5 Å². The van der Waals surface area contributed by atoms with Crippen LogP contribution in [0.2, 0.25) is 0 Å². The lowest BCUT2D eigenvalue weighted by Crippen LogP contribution is -2.17. The molecule has 0 N–H and O–H groups in total. The predicted octanol–water partition coefficient (Wildman–Crippen LogP) is 5.23. The fraction of sp³-hybridized carbons (Fsp3) is 0.182. The number of fused-ring (bicyclic) bond motifs is 6. The molecule has 22 heavy (non-hydrogen) atoms. The quantitative estimate of drug-likeness (QED) is 0.580. The Bertz CT molecular complexity index is 917. The fourth-order valence-corrected chi connectivity index (χ4v) is 4.48. The largest absolute Gasteiger partial charge is 0.107 e. The molecule has 0 amide bonds. The lowest BCUT2D eigenvalue weighted by Gasteiger charge is -2.24. The molecule has 2 aromatic carbocycles. The molecule has 0 aromatic heterocycles. The van der Waals surface area contributed by atoms with Crippen molar-refractivity contribution < 1.29 is 0 Å². The van der Waals surface area contributed by atoms with E-state index in [4.69, 9.17) is 0 Å². The highest BCUT2D eigenvalue weighted by Crippen LogP contribution is 2.53. The first-order valence-electron chi connectivity index (χ1n) is 7.93. The Balaban J connectivity index is 1.82. The van der Waals surface area contributed by atoms with Crippen molar-refractivity contribution >= 4 is 5.57 Å². The standard InChI is InChI=1S/C22H17/c1-22(2)20-10-6-5-9-17(20)18-12-11-16-15-8-4-3-7-14(15)13-19(16)21(18)22/h4-12H,13H2,1-2H3/q+1. The lowest BCUT2D eigenvalue weighted by molar-refractivity contribution is 0.653. The fourth-order valence-electron chi connectivity index (χ4n) is 4.48. The summed E-state index contributed by atoms with van der Waals surface area (Å²) in [6, 6.07) is 13.5. The van der Waals surface area contributed by atoms with Gasteiger partial charge in [-0.05, 0) is 27.8 Å². The third-order valence-electron chi connectivity index (χ3n) is 5.44. The first-order valence-corrected chi connectivity index (χ1v) is 7.93. The minimum atomic E-state index is 0.0863. The molecule has 5 rings (SSSR count). The van der Waals surface area contributed by atoms with Crippen molar-refractivity contribution in [1.29, 1.82) is 0 Å². The summed E-state index contributed by atoms with van der Waals surface area (Å²) in [5.74, 6) is 0. The van der Waals surface area contributed by atoms with Crippen LogP contribution in [0.15, 0.2) is 60.2 Å². The van der Waals surface area contributed by atoms with Crippen molar-refractivity contribution in [3.05, 3.63) is 88.5 Å². The monoisotopic (exact) mass is 281 g/mol. The van der Waals surface area contributed by atoms with Gasteiger partial charge in [-0.2, -0.15) is 0 Å². The van der Waals surface area contributed by atoms with Crippen LogP contribution >= 0.6 is 0 Å². The van der Waals surface area contributed by atoms with Gasteiger partial charge in [0.15, 0.2) is 0 Å². The van der Waals surface area contributed by atoms with E-state index in [1.54, 1.807) is 0 Å². The average molecular weight is 281 g/mol. The molecule has 3 aliphatic rings. The zero-order valence-corrected chi connectivity index (χ0v) is 12.9. The maximum atomic E-state index is 3.23. The minimum absolute atomic E-state index is 0.0863. The van der Waals surface area contributed by atoms with E-state index >= 15 is 0 Å². The summed E-state index contributed by atoms with van der Waals surface area (Å²) in [4.78, 5) is 0. The number of hydrogen-bond acceptors (Lipinski definition) is 0. The molecule has 0 radical (unpaired) electrons. The van der Waals surface area contributed by atoms with Gasteiger partial charge in [0.25, 0.3) is 0 Å². The van der Waals surface area contributed by atoms with Crippen LogP contribution in [-0.2, 0) is 11.8 Å². The van der Waals surface area contributed by atoms with E-state index in [1.165, 1.54) is 44.5 Å². The van der Waals surface area contributed by atoms with Crippen LogP contribution in [0, 0.1) is 6.08 Å². The Morgan fingerprint density at radius 2 is 1.77 bits per heavy atom. The summed E-state index contributed by atoms with van der Waals surface area (Å²) in [7, 11) is 0. The zero-order chi connectivity index (χ0) is 14.9. The molecular weight excluding hydrogens is 264 g/mol. The minimum Gasteiger partial charge on any atom is -0.0619 e. The highest BCUT2D eigenvalue weighted by molar-refractivity contribution is 5.91. The van der Waals surface area contributed by atoms with Gasteiger partial charge in [-0.1, -0.05) is 50.2 Å². The Morgan fingerprint density at radius 1 is 0.955 bits per heavy atom. The molecule has 0 fully saturated rings. The van der Waals surface area contributed by atoms with Crippen molar-refractivity contribution in [2.45, 2.75) is 25.7 Å². The Morgan fingerprint density at radius 3 is 2.68 bits per heavy atom. The van der Waals surface area contributed by atoms with Gasteiger partial charge in [0.05, 0.1) is 17.2 Å². The zero-order valence-electron chi connectivity index (χ0n) is 12.9. The molecule has 0 nitrogen and oxygen atoms in total. The number of allylic oxidation sites excluding steroid dienone is 6. The van der Waals surface area contributed by atoms with E-state index < -0.39 is 0 Å². The summed E-state index contributed by atoms with van der Waals surface area (Å²) < 4.78 is 0. The van der Waals surface area contributed by atoms with Crippen LogP contribution in [0.3, 0.4) is 0 Å². The van der Waals surface area contributed by atoms with Crippen molar-refractivity contribution in [3.8, 4) is 11.1 Å². The van der Waals surface area contributed by atoms with Crippen molar-refractivity contribution in [3.63, 3.8) is 0 Å². The number of benzene rings is 2. The molecule has 3 aliphatic carbocycles. The first kappa shape index (κ1) is 12.1. The highest BCUT2D eigenvalue weighted by Gasteiger charge is 2.40. The van der Waals surface area contributed by atoms with Gasteiger partial charge in [0.1, 0.15) is 12.2 Å². The summed E-state index contributed by atoms with van der Waals surface area (Å²) in [6.07, 6.45) is 10.7. The van der Waals surface area contributed by atoms with Gasteiger partial charge in [-0.15, -0.1) is 0 Å². The van der Waals surface area contributed by atoms with Crippen molar-refractivity contribution in [2.24, 2.45) is 0 Å². The normalized spacial score (nSPS) is 18.6. The van der Waals surface area contributed by atoms with Gasteiger partial charge >= 0.3 is 0 Å². The third kappa shape index (κ3) is 1.31. The van der Waals surface area contributed by atoms with Crippen LogP contribution in [0.5, 0.6) is 0 Å². The van der Waals surface area contributed by atoms with Gasteiger partial charge in [0.2, 0.25) is 0 Å². The van der Waals surface area contributed by atoms with Crippen LogP contribution < -0.4 is 0 Å². The summed E-state index contributed by atoms with van der Waals surface area (Å²) in [5.41, 5.74) is 11.7. The van der Waals surface area contributed by atoms with Crippen LogP contribution in [0.4, 0.5) is 0 Å². The summed E-state index contributed by atoms with van der Waals surface area (Å²) in [5, 5.41) is 0. The molecule has 0 heteroatoms. The van der Waals surface area contributed by atoms with E-state index in [9.17, 15) is 0 Å². The molecule has 0 bridgehead atoms. The van der Waals surface area contributed by atoms with Crippen molar-refractivity contribution in [2.75, 3.05) is 0 Å².